The monoisotopic (exact) mass is 358 g/mol. The Morgan fingerprint density at radius 2 is 2.19 bits per heavy atom. The van der Waals surface area contributed by atoms with E-state index in [0.717, 1.165) is 17.7 Å². The van der Waals surface area contributed by atoms with Crippen molar-refractivity contribution in [1.29, 1.82) is 0 Å². The zero-order valence-electron chi connectivity index (χ0n) is 14.8. The van der Waals surface area contributed by atoms with Gasteiger partial charge >= 0.3 is 0 Å². The van der Waals surface area contributed by atoms with Gasteiger partial charge in [-0.05, 0) is 24.1 Å². The first-order valence-electron chi connectivity index (χ1n) is 8.40. The molecule has 0 spiro atoms. The molecule has 0 aliphatic carbocycles. The van der Waals surface area contributed by atoms with Crippen LogP contribution in [0.15, 0.2) is 24.4 Å². The molecule has 0 unspecified atom stereocenters. The number of rotatable bonds is 6. The van der Waals surface area contributed by atoms with E-state index in [9.17, 15) is 9.59 Å². The Bertz CT molecular complexity index is 819. The highest BCUT2D eigenvalue weighted by Gasteiger charge is 2.28. The number of fused-ring (bicyclic) bond motifs is 1. The molecule has 0 bridgehead atoms. The van der Waals surface area contributed by atoms with Crippen LogP contribution in [0, 0.1) is 0 Å². The molecule has 3 rings (SSSR count). The SMILES string of the molecule is CN(C(=O)CNCCO)c1ccc2c(c1)N(C(=O)c1cnnn1C)CC2. The second kappa shape index (κ2) is 7.63. The van der Waals surface area contributed by atoms with Crippen molar-refractivity contribution in [1.82, 2.24) is 20.3 Å². The minimum atomic E-state index is -0.160. The highest BCUT2D eigenvalue weighted by molar-refractivity contribution is 6.06. The molecule has 2 heterocycles. The molecule has 1 aromatic carbocycles. The van der Waals surface area contributed by atoms with Gasteiger partial charge in [-0.3, -0.25) is 9.59 Å². The molecule has 0 fully saturated rings. The average Bonchev–Trinajstić information content (AvgIpc) is 3.26. The van der Waals surface area contributed by atoms with Crippen LogP contribution in [0.5, 0.6) is 0 Å². The Hall–Kier alpha value is -2.78. The third kappa shape index (κ3) is 3.44. The Morgan fingerprint density at radius 1 is 1.38 bits per heavy atom. The minimum Gasteiger partial charge on any atom is -0.395 e. The van der Waals surface area contributed by atoms with Gasteiger partial charge in [0.1, 0.15) is 5.69 Å². The molecule has 0 radical (unpaired) electrons. The maximum Gasteiger partial charge on any atom is 0.278 e. The predicted octanol–water partition coefficient (Wildman–Crippen LogP) is -0.437. The van der Waals surface area contributed by atoms with Crippen molar-refractivity contribution in [3.8, 4) is 0 Å². The van der Waals surface area contributed by atoms with Crippen molar-refractivity contribution in [3.05, 3.63) is 35.7 Å². The summed E-state index contributed by atoms with van der Waals surface area (Å²) in [7, 11) is 3.37. The fraction of sp³-hybridized carbons (Fsp3) is 0.412. The van der Waals surface area contributed by atoms with E-state index in [4.69, 9.17) is 5.11 Å². The molecule has 0 saturated heterocycles. The number of likely N-dealkylation sites (N-methyl/N-ethyl adjacent to an activating group) is 1. The highest BCUT2D eigenvalue weighted by Crippen LogP contribution is 2.32. The van der Waals surface area contributed by atoms with Crippen LogP contribution < -0.4 is 15.1 Å². The minimum absolute atomic E-state index is 0.0181. The average molecular weight is 358 g/mol. The standard InChI is InChI=1S/C17H22N6O3/c1-21(16(25)11-18-6-8-24)13-4-3-12-5-7-23(14(12)9-13)17(26)15-10-19-20-22(15)2/h3-4,9-10,18,24H,5-8,11H2,1-2H3. The first-order chi connectivity index (χ1) is 12.5. The van der Waals surface area contributed by atoms with Crippen molar-refractivity contribution in [3.63, 3.8) is 0 Å². The van der Waals surface area contributed by atoms with Gasteiger partial charge in [-0.15, -0.1) is 5.10 Å². The summed E-state index contributed by atoms with van der Waals surface area (Å²) in [5.41, 5.74) is 3.00. The quantitative estimate of drug-likeness (QED) is 0.679. The number of aromatic nitrogens is 3. The number of benzene rings is 1. The van der Waals surface area contributed by atoms with E-state index in [1.165, 1.54) is 15.8 Å². The topological polar surface area (TPSA) is 104 Å². The molecule has 2 amide bonds. The lowest BCUT2D eigenvalue weighted by atomic mass is 10.1. The zero-order valence-corrected chi connectivity index (χ0v) is 14.8. The van der Waals surface area contributed by atoms with Gasteiger partial charge in [0.05, 0.1) is 19.3 Å². The number of aliphatic hydroxyl groups is 1. The van der Waals surface area contributed by atoms with Crippen LogP contribution in [0.1, 0.15) is 16.1 Å². The number of carbonyl (C=O) groups is 2. The van der Waals surface area contributed by atoms with Crippen LogP contribution in [-0.2, 0) is 18.3 Å². The van der Waals surface area contributed by atoms with Crippen LogP contribution in [0.3, 0.4) is 0 Å². The molecule has 1 aromatic heterocycles. The van der Waals surface area contributed by atoms with Gasteiger partial charge in [0, 0.05) is 38.6 Å². The molecule has 9 nitrogen and oxygen atoms in total. The van der Waals surface area contributed by atoms with E-state index in [-0.39, 0.29) is 25.0 Å². The number of hydrogen-bond donors (Lipinski definition) is 2. The van der Waals surface area contributed by atoms with E-state index in [1.54, 1.807) is 19.0 Å². The molecule has 1 aliphatic rings. The number of aryl methyl sites for hydroxylation is 1. The fourth-order valence-corrected chi connectivity index (χ4v) is 2.95. The van der Waals surface area contributed by atoms with Crippen molar-refractivity contribution < 1.29 is 14.7 Å². The lowest BCUT2D eigenvalue weighted by molar-refractivity contribution is -0.117. The Labute approximate surface area is 151 Å². The zero-order chi connectivity index (χ0) is 18.7. The summed E-state index contributed by atoms with van der Waals surface area (Å²) < 4.78 is 1.45. The summed E-state index contributed by atoms with van der Waals surface area (Å²) in [6, 6.07) is 5.68. The van der Waals surface area contributed by atoms with Crippen LogP contribution >= 0.6 is 0 Å². The normalized spacial score (nSPS) is 13.0. The Kier molecular flexibility index (Phi) is 5.29. The Morgan fingerprint density at radius 3 is 2.88 bits per heavy atom. The van der Waals surface area contributed by atoms with Gasteiger partial charge in [-0.2, -0.15) is 0 Å². The number of hydrogen-bond acceptors (Lipinski definition) is 6. The lowest BCUT2D eigenvalue weighted by Gasteiger charge is -2.21. The fourth-order valence-electron chi connectivity index (χ4n) is 2.95. The number of carbonyl (C=O) groups excluding carboxylic acids is 2. The molecule has 2 N–H and O–H groups in total. The van der Waals surface area contributed by atoms with Gasteiger partial charge in [-0.25, -0.2) is 4.68 Å². The van der Waals surface area contributed by atoms with Gasteiger partial charge in [-0.1, -0.05) is 11.3 Å². The number of aliphatic hydroxyl groups excluding tert-OH is 1. The van der Waals surface area contributed by atoms with Crippen molar-refractivity contribution >= 4 is 23.2 Å². The molecule has 0 saturated carbocycles. The molecule has 0 atom stereocenters. The molecule has 26 heavy (non-hydrogen) atoms. The van der Waals surface area contributed by atoms with E-state index in [0.29, 0.717) is 24.5 Å². The van der Waals surface area contributed by atoms with Crippen molar-refractivity contribution in [2.45, 2.75) is 6.42 Å². The highest BCUT2D eigenvalue weighted by atomic mass is 16.3. The first kappa shape index (κ1) is 18.0. The smallest absolute Gasteiger partial charge is 0.278 e. The van der Waals surface area contributed by atoms with Gasteiger partial charge in [0.25, 0.3) is 5.91 Å². The van der Waals surface area contributed by atoms with E-state index in [2.05, 4.69) is 15.6 Å². The number of nitrogens with one attached hydrogen (secondary N) is 1. The molecule has 1 aliphatic heterocycles. The van der Waals surface area contributed by atoms with Crippen LogP contribution in [-0.4, -0.2) is 65.2 Å². The van der Waals surface area contributed by atoms with Gasteiger partial charge < -0.3 is 20.2 Å². The maximum absolute atomic E-state index is 12.8. The molecule has 9 heteroatoms. The molecular formula is C17H22N6O3. The largest absolute Gasteiger partial charge is 0.395 e. The number of nitrogens with zero attached hydrogens (tertiary/aromatic N) is 5. The third-order valence-electron chi connectivity index (χ3n) is 4.47. The summed E-state index contributed by atoms with van der Waals surface area (Å²) in [5.74, 6) is -0.280. The summed E-state index contributed by atoms with van der Waals surface area (Å²) >= 11 is 0. The molecular weight excluding hydrogens is 336 g/mol. The van der Waals surface area contributed by atoms with Gasteiger partial charge in [0.2, 0.25) is 5.91 Å². The van der Waals surface area contributed by atoms with E-state index in [1.807, 2.05) is 18.2 Å². The maximum atomic E-state index is 12.8. The number of amides is 2. The second-order valence-electron chi connectivity index (χ2n) is 6.12. The predicted molar refractivity (Wildman–Crippen MR) is 96.2 cm³/mol. The van der Waals surface area contributed by atoms with E-state index < -0.39 is 0 Å². The summed E-state index contributed by atoms with van der Waals surface area (Å²) in [6.07, 6.45) is 2.22. The third-order valence-corrected chi connectivity index (χ3v) is 4.47. The number of anilines is 2. The lowest BCUT2D eigenvalue weighted by Crippen LogP contribution is -2.36. The molecule has 2 aromatic rings. The van der Waals surface area contributed by atoms with Crippen LogP contribution in [0.25, 0.3) is 0 Å². The summed E-state index contributed by atoms with van der Waals surface area (Å²) in [5, 5.41) is 19.2. The summed E-state index contributed by atoms with van der Waals surface area (Å²) in [4.78, 5) is 28.3. The second-order valence-corrected chi connectivity index (χ2v) is 6.12. The summed E-state index contributed by atoms with van der Waals surface area (Å²) in [6.45, 7) is 1.07. The van der Waals surface area contributed by atoms with Crippen LogP contribution in [0.2, 0.25) is 0 Å². The van der Waals surface area contributed by atoms with Gasteiger partial charge in [0.15, 0.2) is 0 Å². The first-order valence-corrected chi connectivity index (χ1v) is 8.40. The molecule has 138 valence electrons. The van der Waals surface area contributed by atoms with Crippen LogP contribution in [0.4, 0.5) is 11.4 Å². The Balaban J connectivity index is 1.80. The van der Waals surface area contributed by atoms with Crippen molar-refractivity contribution in [2.24, 2.45) is 7.05 Å². The van der Waals surface area contributed by atoms with E-state index >= 15 is 0 Å². The van der Waals surface area contributed by atoms with Crippen molar-refractivity contribution in [2.75, 3.05) is 43.1 Å².